The Morgan fingerprint density at radius 2 is 2.00 bits per heavy atom. The van der Waals surface area contributed by atoms with Crippen molar-refractivity contribution in [3.8, 4) is 0 Å². The number of carboxylic acid groups (broad SMARTS) is 1. The molecule has 0 saturated heterocycles. The molecule has 0 heterocycles. The number of nitrogens with one attached hydrogen (secondary N) is 1. The van der Waals surface area contributed by atoms with E-state index < -0.39 is 22.8 Å². The van der Waals surface area contributed by atoms with Crippen molar-refractivity contribution in [3.05, 3.63) is 0 Å². The molecule has 0 aromatic rings. The maximum absolute atomic E-state index is 10.5. The average molecular weight is 214 g/mol. The summed E-state index contributed by atoms with van der Waals surface area (Å²) in [5.74, 6) is -1.56. The fourth-order valence-electron chi connectivity index (χ4n) is 0.645. The lowest BCUT2D eigenvalue weighted by atomic mass is 10.2. The van der Waals surface area contributed by atoms with E-state index in [9.17, 15) is 9.59 Å². The fraction of sp³-hybridized carbons (Fsp3) is 0.667. The van der Waals surface area contributed by atoms with Crippen LogP contribution in [0.2, 0.25) is 0 Å². The maximum atomic E-state index is 10.5. The van der Waals surface area contributed by atoms with E-state index in [-0.39, 0.29) is 6.42 Å². The first kappa shape index (κ1) is 11.5. The van der Waals surface area contributed by atoms with Crippen LogP contribution in [0.25, 0.3) is 0 Å². The van der Waals surface area contributed by atoms with E-state index in [0.29, 0.717) is 0 Å². The van der Waals surface area contributed by atoms with E-state index in [1.165, 1.54) is 6.92 Å². The molecule has 2 N–H and O–H groups in total. The summed E-state index contributed by atoms with van der Waals surface area (Å²) >= 11 is 10.7. The maximum Gasteiger partial charge on any atom is 0.326 e. The van der Waals surface area contributed by atoms with Gasteiger partial charge in [-0.3, -0.25) is 4.79 Å². The Bertz CT molecular complexity index is 184. The fourth-order valence-corrected chi connectivity index (χ4v) is 1.00. The molecular formula is C6H9Cl2NO3. The molecular weight excluding hydrogens is 205 g/mol. The van der Waals surface area contributed by atoms with Crippen molar-refractivity contribution in [2.24, 2.45) is 0 Å². The second-order valence-electron chi connectivity index (χ2n) is 2.22. The Balaban J connectivity index is 4.04. The molecule has 0 aliphatic heterocycles. The molecule has 12 heavy (non-hydrogen) atoms. The van der Waals surface area contributed by atoms with Crippen molar-refractivity contribution in [1.82, 2.24) is 5.32 Å². The van der Waals surface area contributed by atoms with Crippen LogP contribution in [0.3, 0.4) is 0 Å². The second kappa shape index (κ2) is 5.22. The number of carbonyl (C=O) groups is 2. The third-order valence-corrected chi connectivity index (χ3v) is 1.45. The number of carboxylic acids is 1. The lowest BCUT2D eigenvalue weighted by molar-refractivity contribution is -0.141. The van der Waals surface area contributed by atoms with Gasteiger partial charge >= 0.3 is 5.97 Å². The van der Waals surface area contributed by atoms with Gasteiger partial charge in [0.2, 0.25) is 5.91 Å². The van der Waals surface area contributed by atoms with Crippen LogP contribution >= 0.6 is 23.2 Å². The van der Waals surface area contributed by atoms with Gasteiger partial charge in [0.15, 0.2) is 0 Å². The largest absolute Gasteiger partial charge is 0.480 e. The molecule has 0 fully saturated rings. The summed E-state index contributed by atoms with van der Waals surface area (Å²) in [7, 11) is 0. The van der Waals surface area contributed by atoms with Gasteiger partial charge in [0, 0.05) is 13.3 Å². The monoisotopic (exact) mass is 213 g/mol. The van der Waals surface area contributed by atoms with E-state index in [4.69, 9.17) is 28.3 Å². The van der Waals surface area contributed by atoms with Crippen LogP contribution in [-0.2, 0) is 9.59 Å². The Morgan fingerprint density at radius 3 is 2.25 bits per heavy atom. The molecule has 0 spiro atoms. The van der Waals surface area contributed by atoms with Crippen molar-refractivity contribution in [2.75, 3.05) is 0 Å². The van der Waals surface area contributed by atoms with Gasteiger partial charge in [0.1, 0.15) is 10.9 Å². The molecule has 70 valence electrons. The first-order valence-corrected chi connectivity index (χ1v) is 4.09. The van der Waals surface area contributed by atoms with E-state index >= 15 is 0 Å². The summed E-state index contributed by atoms with van der Waals surface area (Å²) in [6, 6.07) is -1.01. The molecule has 0 rings (SSSR count). The second-order valence-corrected chi connectivity index (χ2v) is 3.50. The van der Waals surface area contributed by atoms with Gasteiger partial charge in [0.25, 0.3) is 0 Å². The zero-order valence-electron chi connectivity index (χ0n) is 6.38. The first-order chi connectivity index (χ1) is 5.43. The summed E-state index contributed by atoms with van der Waals surface area (Å²) in [6.07, 6.45) is -0.00196. The highest BCUT2D eigenvalue weighted by molar-refractivity contribution is 6.44. The lowest BCUT2D eigenvalue weighted by Crippen LogP contribution is -2.40. The molecule has 0 radical (unpaired) electrons. The van der Waals surface area contributed by atoms with Gasteiger partial charge in [-0.05, 0) is 0 Å². The van der Waals surface area contributed by atoms with Crippen molar-refractivity contribution in [1.29, 1.82) is 0 Å². The predicted octanol–water partition coefficient (Wildman–Crippen LogP) is 0.770. The number of halogens is 2. The highest BCUT2D eigenvalue weighted by atomic mass is 35.5. The summed E-state index contributed by atoms with van der Waals surface area (Å²) in [5, 5.41) is 10.7. The van der Waals surface area contributed by atoms with E-state index in [0.717, 1.165) is 0 Å². The van der Waals surface area contributed by atoms with Gasteiger partial charge in [-0.1, -0.05) is 0 Å². The highest BCUT2D eigenvalue weighted by Gasteiger charge is 2.20. The van der Waals surface area contributed by atoms with Crippen LogP contribution in [0.5, 0.6) is 0 Å². The van der Waals surface area contributed by atoms with Gasteiger partial charge in [-0.15, -0.1) is 23.2 Å². The number of aliphatic carboxylic acids is 1. The number of amides is 1. The third-order valence-electron chi connectivity index (χ3n) is 1.09. The third kappa shape index (κ3) is 5.21. The smallest absolute Gasteiger partial charge is 0.326 e. The topological polar surface area (TPSA) is 66.4 Å². The first-order valence-electron chi connectivity index (χ1n) is 3.21. The Kier molecular flexibility index (Phi) is 5.01. The number of alkyl halides is 2. The minimum absolute atomic E-state index is 0.00196. The number of hydrogen-bond acceptors (Lipinski definition) is 2. The zero-order chi connectivity index (χ0) is 9.72. The quantitative estimate of drug-likeness (QED) is 0.679. The Morgan fingerprint density at radius 1 is 1.50 bits per heavy atom. The standard InChI is InChI=1S/C6H9Cl2NO3/c1-3(10)9-4(6(11)12)2-5(7)8/h4-5H,2H2,1H3,(H,9,10)(H,11,12). The van der Waals surface area contributed by atoms with Crippen LogP contribution in [-0.4, -0.2) is 27.9 Å². The molecule has 0 aromatic carbocycles. The van der Waals surface area contributed by atoms with Crippen molar-refractivity contribution >= 4 is 35.1 Å². The Hall–Kier alpha value is -0.480. The normalized spacial score (nSPS) is 12.7. The number of hydrogen-bond donors (Lipinski definition) is 2. The number of rotatable bonds is 4. The number of carbonyl (C=O) groups excluding carboxylic acids is 1. The molecule has 0 aliphatic rings. The van der Waals surface area contributed by atoms with Gasteiger partial charge < -0.3 is 10.4 Å². The van der Waals surface area contributed by atoms with Crippen LogP contribution in [0.4, 0.5) is 0 Å². The molecule has 1 atom stereocenters. The minimum Gasteiger partial charge on any atom is -0.480 e. The summed E-state index contributed by atoms with van der Waals surface area (Å²) < 4.78 is 0. The molecule has 1 amide bonds. The van der Waals surface area contributed by atoms with Gasteiger partial charge in [0.05, 0.1) is 0 Å². The molecule has 1 unspecified atom stereocenters. The van der Waals surface area contributed by atoms with Gasteiger partial charge in [-0.2, -0.15) is 0 Å². The van der Waals surface area contributed by atoms with Crippen molar-refractivity contribution in [3.63, 3.8) is 0 Å². The molecule has 0 aliphatic carbocycles. The summed E-state index contributed by atoms with van der Waals surface area (Å²) in [6.45, 7) is 1.23. The van der Waals surface area contributed by atoms with E-state index in [1.807, 2.05) is 0 Å². The molecule has 0 aromatic heterocycles. The van der Waals surface area contributed by atoms with Crippen molar-refractivity contribution in [2.45, 2.75) is 24.2 Å². The van der Waals surface area contributed by atoms with Crippen molar-refractivity contribution < 1.29 is 14.7 Å². The van der Waals surface area contributed by atoms with E-state index in [2.05, 4.69) is 5.32 Å². The molecule has 0 bridgehead atoms. The van der Waals surface area contributed by atoms with Crippen LogP contribution < -0.4 is 5.32 Å². The zero-order valence-corrected chi connectivity index (χ0v) is 7.89. The van der Waals surface area contributed by atoms with E-state index in [1.54, 1.807) is 0 Å². The predicted molar refractivity (Wildman–Crippen MR) is 45.4 cm³/mol. The van der Waals surface area contributed by atoms with Crippen LogP contribution in [0, 0.1) is 0 Å². The lowest BCUT2D eigenvalue weighted by Gasteiger charge is -2.12. The molecule has 0 saturated carbocycles. The minimum atomic E-state index is -1.14. The highest BCUT2D eigenvalue weighted by Crippen LogP contribution is 2.10. The SMILES string of the molecule is CC(=O)NC(CC(Cl)Cl)C(=O)O. The molecule has 6 heteroatoms. The summed E-state index contributed by atoms with van der Waals surface area (Å²) in [4.78, 5) is 20.1. The van der Waals surface area contributed by atoms with Gasteiger partial charge in [-0.25, -0.2) is 4.79 Å². The average Bonchev–Trinajstić information content (AvgIpc) is 1.83. The summed E-state index contributed by atoms with van der Waals surface area (Å²) in [5.41, 5.74) is 0. The molecule has 4 nitrogen and oxygen atoms in total. The Labute approximate surface area is 79.8 Å². The van der Waals surface area contributed by atoms with Crippen LogP contribution in [0.15, 0.2) is 0 Å². The van der Waals surface area contributed by atoms with Crippen LogP contribution in [0.1, 0.15) is 13.3 Å².